The van der Waals surface area contributed by atoms with E-state index < -0.39 is 0 Å². The molecule has 0 unspecified atom stereocenters. The minimum absolute atomic E-state index is 0.174. The molecule has 0 aliphatic carbocycles. The number of nitrogens with two attached hydrogens (primary N) is 1. The second-order valence-electron chi connectivity index (χ2n) is 4.13. The summed E-state index contributed by atoms with van der Waals surface area (Å²) < 4.78 is 1.60. The smallest absolute Gasteiger partial charge is 0.255 e. The molecule has 0 atom stereocenters. The number of hydrogen-bond acceptors (Lipinski definition) is 2. The second-order valence-corrected chi connectivity index (χ2v) is 5.77. The highest BCUT2D eigenvalue weighted by molar-refractivity contribution is 9.11. The molecule has 2 rings (SSSR count). The average Bonchev–Trinajstić information content (AvgIpc) is 2.38. The quantitative estimate of drug-likeness (QED) is 0.757. The van der Waals surface area contributed by atoms with Crippen molar-refractivity contribution in [3.8, 4) is 0 Å². The monoisotopic (exact) mass is 382 g/mol. The van der Waals surface area contributed by atoms with Gasteiger partial charge in [-0.2, -0.15) is 0 Å². The maximum absolute atomic E-state index is 12.1. The first kappa shape index (κ1) is 14.1. The van der Waals surface area contributed by atoms with Gasteiger partial charge in [0.1, 0.15) is 0 Å². The zero-order valence-electron chi connectivity index (χ0n) is 10.2. The zero-order chi connectivity index (χ0) is 14.0. The molecule has 0 saturated carbocycles. The second kappa shape index (κ2) is 5.75. The number of aryl methyl sites for hydroxylation is 1. The van der Waals surface area contributed by atoms with Gasteiger partial charge in [0.2, 0.25) is 0 Å². The number of carbonyl (C=O) groups excluding carboxylic acids is 1. The Labute approximate surface area is 128 Å². The van der Waals surface area contributed by atoms with Gasteiger partial charge in [-0.3, -0.25) is 4.79 Å². The van der Waals surface area contributed by atoms with Crippen LogP contribution in [-0.2, 0) is 0 Å². The molecule has 2 aromatic carbocycles. The Morgan fingerprint density at radius 1 is 1.21 bits per heavy atom. The van der Waals surface area contributed by atoms with E-state index in [-0.39, 0.29) is 5.91 Å². The fourth-order valence-electron chi connectivity index (χ4n) is 1.61. The molecule has 2 aromatic rings. The van der Waals surface area contributed by atoms with Crippen LogP contribution < -0.4 is 11.1 Å². The van der Waals surface area contributed by atoms with Crippen LogP contribution in [0.1, 0.15) is 15.9 Å². The molecule has 5 heteroatoms. The first-order valence-corrected chi connectivity index (χ1v) is 7.19. The molecule has 0 aliphatic rings. The van der Waals surface area contributed by atoms with Gasteiger partial charge in [-0.05, 0) is 68.6 Å². The summed E-state index contributed by atoms with van der Waals surface area (Å²) in [6.07, 6.45) is 0. The van der Waals surface area contributed by atoms with Crippen molar-refractivity contribution < 1.29 is 4.79 Å². The fraction of sp³-hybridized carbons (Fsp3) is 0.0714. The molecular weight excluding hydrogens is 372 g/mol. The lowest BCUT2D eigenvalue weighted by Crippen LogP contribution is -2.12. The third-order valence-electron chi connectivity index (χ3n) is 2.70. The Kier molecular flexibility index (Phi) is 4.27. The van der Waals surface area contributed by atoms with Crippen LogP contribution in [0.25, 0.3) is 0 Å². The van der Waals surface area contributed by atoms with Crippen molar-refractivity contribution in [2.75, 3.05) is 11.1 Å². The van der Waals surface area contributed by atoms with Crippen molar-refractivity contribution in [2.24, 2.45) is 0 Å². The molecule has 0 radical (unpaired) electrons. The SMILES string of the molecule is Cc1cccc(NC(=O)c2ccc(N)c(Br)c2)c1Br. The molecule has 0 spiro atoms. The van der Waals surface area contributed by atoms with Crippen LogP contribution >= 0.6 is 31.9 Å². The highest BCUT2D eigenvalue weighted by atomic mass is 79.9. The van der Waals surface area contributed by atoms with Crippen molar-refractivity contribution in [1.29, 1.82) is 0 Å². The predicted molar refractivity (Wildman–Crippen MR) is 85.4 cm³/mol. The van der Waals surface area contributed by atoms with Gasteiger partial charge in [-0.15, -0.1) is 0 Å². The average molecular weight is 384 g/mol. The van der Waals surface area contributed by atoms with Crippen LogP contribution in [0, 0.1) is 6.92 Å². The van der Waals surface area contributed by atoms with E-state index in [0.29, 0.717) is 15.7 Å². The number of rotatable bonds is 2. The topological polar surface area (TPSA) is 55.1 Å². The van der Waals surface area contributed by atoms with E-state index in [2.05, 4.69) is 37.2 Å². The summed E-state index contributed by atoms with van der Waals surface area (Å²) in [5.74, 6) is -0.174. The van der Waals surface area contributed by atoms with Gasteiger partial charge in [0, 0.05) is 20.2 Å². The number of nitrogens with one attached hydrogen (secondary N) is 1. The molecule has 3 N–H and O–H groups in total. The highest BCUT2D eigenvalue weighted by Gasteiger charge is 2.10. The molecule has 0 heterocycles. The fourth-order valence-corrected chi connectivity index (χ4v) is 2.35. The summed E-state index contributed by atoms with van der Waals surface area (Å²) >= 11 is 6.77. The van der Waals surface area contributed by atoms with E-state index in [0.717, 1.165) is 15.7 Å². The summed E-state index contributed by atoms with van der Waals surface area (Å²) in [5.41, 5.74) is 8.67. The van der Waals surface area contributed by atoms with Gasteiger partial charge in [0.05, 0.1) is 5.69 Å². The minimum Gasteiger partial charge on any atom is -0.398 e. The predicted octanol–water partition coefficient (Wildman–Crippen LogP) is 4.35. The van der Waals surface area contributed by atoms with Gasteiger partial charge >= 0.3 is 0 Å². The van der Waals surface area contributed by atoms with E-state index in [1.165, 1.54) is 0 Å². The molecule has 0 saturated heterocycles. The summed E-state index contributed by atoms with van der Waals surface area (Å²) in [5, 5.41) is 2.87. The van der Waals surface area contributed by atoms with Crippen molar-refractivity contribution in [2.45, 2.75) is 6.92 Å². The molecule has 0 fully saturated rings. The molecule has 0 aliphatic heterocycles. The van der Waals surface area contributed by atoms with Gasteiger partial charge in [-0.25, -0.2) is 0 Å². The minimum atomic E-state index is -0.174. The van der Waals surface area contributed by atoms with Crippen LogP contribution in [0.5, 0.6) is 0 Å². The number of carbonyl (C=O) groups is 1. The zero-order valence-corrected chi connectivity index (χ0v) is 13.4. The maximum atomic E-state index is 12.1. The molecule has 19 heavy (non-hydrogen) atoms. The van der Waals surface area contributed by atoms with Crippen molar-refractivity contribution >= 4 is 49.1 Å². The van der Waals surface area contributed by atoms with E-state index in [1.807, 2.05) is 25.1 Å². The van der Waals surface area contributed by atoms with Crippen molar-refractivity contribution in [1.82, 2.24) is 0 Å². The number of anilines is 2. The van der Waals surface area contributed by atoms with Crippen LogP contribution in [0.15, 0.2) is 45.3 Å². The van der Waals surface area contributed by atoms with Gasteiger partial charge in [-0.1, -0.05) is 12.1 Å². The number of nitrogen functional groups attached to an aromatic ring is 1. The van der Waals surface area contributed by atoms with E-state index in [9.17, 15) is 4.79 Å². The normalized spacial score (nSPS) is 10.3. The van der Waals surface area contributed by atoms with Crippen molar-refractivity contribution in [3.63, 3.8) is 0 Å². The third-order valence-corrected chi connectivity index (χ3v) is 4.44. The third kappa shape index (κ3) is 3.16. The number of benzene rings is 2. The molecule has 98 valence electrons. The van der Waals surface area contributed by atoms with Gasteiger partial charge in [0.25, 0.3) is 5.91 Å². The largest absolute Gasteiger partial charge is 0.398 e. The van der Waals surface area contributed by atoms with Crippen LogP contribution in [0.4, 0.5) is 11.4 Å². The van der Waals surface area contributed by atoms with Gasteiger partial charge in [0.15, 0.2) is 0 Å². The van der Waals surface area contributed by atoms with Gasteiger partial charge < -0.3 is 11.1 Å². The standard InChI is InChI=1S/C14H12Br2N2O/c1-8-3-2-4-12(13(8)16)18-14(19)9-5-6-11(17)10(15)7-9/h2-7H,17H2,1H3,(H,18,19). The lowest BCUT2D eigenvalue weighted by Gasteiger charge is -2.09. The van der Waals surface area contributed by atoms with Crippen LogP contribution in [0.3, 0.4) is 0 Å². The number of halogens is 2. The molecule has 3 nitrogen and oxygen atoms in total. The lowest BCUT2D eigenvalue weighted by molar-refractivity contribution is 0.102. The van der Waals surface area contributed by atoms with Crippen LogP contribution in [-0.4, -0.2) is 5.91 Å². The summed E-state index contributed by atoms with van der Waals surface area (Å²) in [6, 6.07) is 10.8. The highest BCUT2D eigenvalue weighted by Crippen LogP contribution is 2.27. The Morgan fingerprint density at radius 3 is 2.63 bits per heavy atom. The number of hydrogen-bond donors (Lipinski definition) is 2. The number of amides is 1. The van der Waals surface area contributed by atoms with Crippen molar-refractivity contribution in [3.05, 3.63) is 56.5 Å². The Hall–Kier alpha value is -1.33. The molecule has 1 amide bonds. The Bertz CT molecular complexity index is 641. The summed E-state index contributed by atoms with van der Waals surface area (Å²) in [7, 11) is 0. The molecule has 0 bridgehead atoms. The molecule has 0 aromatic heterocycles. The van der Waals surface area contributed by atoms with E-state index in [4.69, 9.17) is 5.73 Å². The van der Waals surface area contributed by atoms with E-state index >= 15 is 0 Å². The first-order chi connectivity index (χ1) is 8.99. The maximum Gasteiger partial charge on any atom is 0.255 e. The molecular formula is C14H12Br2N2O. The summed E-state index contributed by atoms with van der Waals surface area (Å²) in [4.78, 5) is 12.1. The Balaban J connectivity index is 2.26. The summed E-state index contributed by atoms with van der Waals surface area (Å²) in [6.45, 7) is 1.97. The lowest BCUT2D eigenvalue weighted by atomic mass is 10.1. The Morgan fingerprint density at radius 2 is 1.95 bits per heavy atom. The van der Waals surface area contributed by atoms with E-state index in [1.54, 1.807) is 18.2 Å². The first-order valence-electron chi connectivity index (χ1n) is 5.60. The van der Waals surface area contributed by atoms with Crippen LogP contribution in [0.2, 0.25) is 0 Å².